The van der Waals surface area contributed by atoms with Crippen molar-refractivity contribution in [3.8, 4) is 0 Å². The molecule has 0 radical (unpaired) electrons. The number of aryl methyl sites for hydroxylation is 1. The number of hydrogen-bond donors (Lipinski definition) is 1. The lowest BCUT2D eigenvalue weighted by Crippen LogP contribution is -2.36. The Morgan fingerprint density at radius 3 is 2.53 bits per heavy atom. The summed E-state index contributed by atoms with van der Waals surface area (Å²) in [5, 5.41) is 0. The van der Waals surface area contributed by atoms with Crippen LogP contribution in [-0.2, 0) is 0 Å². The maximum atomic E-state index is 5.97. The third kappa shape index (κ3) is 4.34. The Labute approximate surface area is 93.1 Å². The zero-order valence-corrected chi connectivity index (χ0v) is 10.2. The van der Waals surface area contributed by atoms with Gasteiger partial charge in [-0.25, -0.2) is 0 Å². The third-order valence-electron chi connectivity index (χ3n) is 2.53. The lowest BCUT2D eigenvalue weighted by atomic mass is 10.0. The first-order valence-electron chi connectivity index (χ1n) is 5.45. The fraction of sp³-hybridized carbons (Fsp3) is 0.538. The van der Waals surface area contributed by atoms with Gasteiger partial charge in [-0.15, -0.1) is 0 Å². The highest BCUT2D eigenvalue weighted by molar-refractivity contribution is 5.47. The number of hydrogen-bond acceptors (Lipinski definition) is 2. The molecule has 0 aliphatic rings. The minimum atomic E-state index is -0.0852. The first kappa shape index (κ1) is 12.1. The van der Waals surface area contributed by atoms with E-state index in [1.54, 1.807) is 0 Å². The molecule has 2 nitrogen and oxygen atoms in total. The molecule has 0 heterocycles. The smallest absolute Gasteiger partial charge is 0.0366 e. The fourth-order valence-corrected chi connectivity index (χ4v) is 1.45. The van der Waals surface area contributed by atoms with Crippen LogP contribution in [0.1, 0.15) is 25.8 Å². The monoisotopic (exact) mass is 206 g/mol. The van der Waals surface area contributed by atoms with Crippen molar-refractivity contribution in [1.82, 2.24) is 0 Å². The highest BCUT2D eigenvalue weighted by Gasteiger charge is 2.11. The molecule has 0 aliphatic carbocycles. The van der Waals surface area contributed by atoms with Gasteiger partial charge in [-0.2, -0.15) is 0 Å². The summed E-state index contributed by atoms with van der Waals surface area (Å²) in [5.74, 6) is 0. The van der Waals surface area contributed by atoms with Crippen LogP contribution in [0.3, 0.4) is 0 Å². The van der Waals surface area contributed by atoms with Crippen molar-refractivity contribution in [2.45, 2.75) is 32.7 Å². The zero-order chi connectivity index (χ0) is 11.5. The first-order chi connectivity index (χ1) is 6.88. The normalized spacial score (nSPS) is 11.5. The van der Waals surface area contributed by atoms with E-state index in [0.29, 0.717) is 0 Å². The molecule has 1 aromatic carbocycles. The van der Waals surface area contributed by atoms with E-state index in [9.17, 15) is 0 Å². The molecule has 0 saturated carbocycles. The summed E-state index contributed by atoms with van der Waals surface area (Å²) in [6.07, 6.45) is 0.997. The lowest BCUT2D eigenvalue weighted by molar-refractivity contribution is 0.479. The summed E-state index contributed by atoms with van der Waals surface area (Å²) in [5.41, 5.74) is 8.44. The van der Waals surface area contributed by atoms with Crippen LogP contribution in [0, 0.1) is 6.92 Å². The Bertz CT molecular complexity index is 313. The Morgan fingerprint density at radius 2 is 2.00 bits per heavy atom. The van der Waals surface area contributed by atoms with E-state index in [-0.39, 0.29) is 5.54 Å². The van der Waals surface area contributed by atoms with Crippen molar-refractivity contribution in [1.29, 1.82) is 0 Å². The van der Waals surface area contributed by atoms with Gasteiger partial charge >= 0.3 is 0 Å². The fourth-order valence-electron chi connectivity index (χ4n) is 1.45. The van der Waals surface area contributed by atoms with E-state index >= 15 is 0 Å². The van der Waals surface area contributed by atoms with Gasteiger partial charge in [0, 0.05) is 24.8 Å². The van der Waals surface area contributed by atoms with Crippen LogP contribution < -0.4 is 10.6 Å². The van der Waals surface area contributed by atoms with Gasteiger partial charge < -0.3 is 10.6 Å². The SMILES string of the molecule is Cc1cccc(N(C)CCC(C)(C)N)c1. The van der Waals surface area contributed by atoms with Gasteiger partial charge in [0.2, 0.25) is 0 Å². The van der Waals surface area contributed by atoms with Gasteiger partial charge in [0.25, 0.3) is 0 Å². The van der Waals surface area contributed by atoms with Crippen LogP contribution in [0.25, 0.3) is 0 Å². The molecule has 0 fully saturated rings. The summed E-state index contributed by atoms with van der Waals surface area (Å²) in [6.45, 7) is 7.24. The van der Waals surface area contributed by atoms with Crippen LogP contribution in [0.4, 0.5) is 5.69 Å². The maximum Gasteiger partial charge on any atom is 0.0366 e. The van der Waals surface area contributed by atoms with Crippen LogP contribution in [0.5, 0.6) is 0 Å². The molecule has 0 unspecified atom stereocenters. The third-order valence-corrected chi connectivity index (χ3v) is 2.53. The van der Waals surface area contributed by atoms with Gasteiger partial charge in [-0.1, -0.05) is 12.1 Å². The molecule has 0 atom stereocenters. The number of nitrogens with two attached hydrogens (primary N) is 1. The second kappa shape index (κ2) is 4.67. The minimum absolute atomic E-state index is 0.0852. The molecule has 2 N–H and O–H groups in total. The summed E-state index contributed by atoms with van der Waals surface area (Å²) in [6, 6.07) is 8.54. The summed E-state index contributed by atoms with van der Waals surface area (Å²) in [7, 11) is 2.11. The number of rotatable bonds is 4. The van der Waals surface area contributed by atoms with E-state index in [2.05, 4.69) is 57.0 Å². The van der Waals surface area contributed by atoms with Crippen LogP contribution in [0.2, 0.25) is 0 Å². The molecule has 1 rings (SSSR count). The van der Waals surface area contributed by atoms with E-state index in [4.69, 9.17) is 5.73 Å². The molecule has 0 amide bonds. The summed E-state index contributed by atoms with van der Waals surface area (Å²) >= 11 is 0. The second-order valence-electron chi connectivity index (χ2n) is 5.00. The van der Waals surface area contributed by atoms with Crippen LogP contribution >= 0.6 is 0 Å². The van der Waals surface area contributed by atoms with Crippen molar-refractivity contribution >= 4 is 5.69 Å². The van der Waals surface area contributed by atoms with Crippen molar-refractivity contribution < 1.29 is 0 Å². The molecule has 1 aromatic rings. The lowest BCUT2D eigenvalue weighted by Gasteiger charge is -2.25. The predicted molar refractivity (Wildman–Crippen MR) is 67.3 cm³/mol. The Hall–Kier alpha value is -1.02. The Kier molecular flexibility index (Phi) is 3.75. The van der Waals surface area contributed by atoms with Gasteiger partial charge in [0.15, 0.2) is 0 Å². The van der Waals surface area contributed by atoms with E-state index in [1.807, 2.05) is 0 Å². The number of nitrogens with zero attached hydrogens (tertiary/aromatic N) is 1. The van der Waals surface area contributed by atoms with Gasteiger partial charge in [-0.3, -0.25) is 0 Å². The molecule has 84 valence electrons. The van der Waals surface area contributed by atoms with Crippen molar-refractivity contribution in [3.63, 3.8) is 0 Å². The minimum Gasteiger partial charge on any atom is -0.375 e. The number of anilines is 1. The highest BCUT2D eigenvalue weighted by Crippen LogP contribution is 2.15. The predicted octanol–water partition coefficient (Wildman–Crippen LogP) is 2.56. The topological polar surface area (TPSA) is 29.3 Å². The molecule has 0 saturated heterocycles. The first-order valence-corrected chi connectivity index (χ1v) is 5.45. The molecule has 0 bridgehead atoms. The van der Waals surface area contributed by atoms with Crippen molar-refractivity contribution in [3.05, 3.63) is 29.8 Å². The quantitative estimate of drug-likeness (QED) is 0.820. The molecule has 2 heteroatoms. The average molecular weight is 206 g/mol. The standard InChI is InChI=1S/C13H22N2/c1-11-6-5-7-12(10-11)15(4)9-8-13(2,3)14/h5-7,10H,8-9,14H2,1-4H3. The van der Waals surface area contributed by atoms with Gasteiger partial charge in [0.05, 0.1) is 0 Å². The van der Waals surface area contributed by atoms with Crippen LogP contribution in [0.15, 0.2) is 24.3 Å². The van der Waals surface area contributed by atoms with Crippen molar-refractivity contribution in [2.24, 2.45) is 5.73 Å². The highest BCUT2D eigenvalue weighted by atomic mass is 15.1. The van der Waals surface area contributed by atoms with Gasteiger partial charge in [0.1, 0.15) is 0 Å². The molecule has 15 heavy (non-hydrogen) atoms. The number of benzene rings is 1. The summed E-state index contributed by atoms with van der Waals surface area (Å²) < 4.78 is 0. The Morgan fingerprint density at radius 1 is 1.33 bits per heavy atom. The molecular weight excluding hydrogens is 184 g/mol. The second-order valence-corrected chi connectivity index (χ2v) is 5.00. The van der Waals surface area contributed by atoms with E-state index < -0.39 is 0 Å². The van der Waals surface area contributed by atoms with Gasteiger partial charge in [-0.05, 0) is 44.9 Å². The zero-order valence-electron chi connectivity index (χ0n) is 10.2. The molecular formula is C13H22N2. The summed E-state index contributed by atoms with van der Waals surface area (Å²) in [4.78, 5) is 2.25. The largest absolute Gasteiger partial charge is 0.375 e. The molecule has 0 aromatic heterocycles. The molecule has 0 spiro atoms. The van der Waals surface area contributed by atoms with E-state index in [0.717, 1.165) is 13.0 Å². The Balaban J connectivity index is 2.58. The van der Waals surface area contributed by atoms with Crippen molar-refractivity contribution in [2.75, 3.05) is 18.5 Å². The van der Waals surface area contributed by atoms with E-state index in [1.165, 1.54) is 11.3 Å². The van der Waals surface area contributed by atoms with Crippen LogP contribution in [-0.4, -0.2) is 19.1 Å². The molecule has 0 aliphatic heterocycles. The average Bonchev–Trinajstić information content (AvgIpc) is 2.13. The maximum absolute atomic E-state index is 5.97.